The summed E-state index contributed by atoms with van der Waals surface area (Å²) in [6, 6.07) is 6.21. The van der Waals surface area contributed by atoms with Gasteiger partial charge in [0.05, 0.1) is 11.3 Å². The minimum atomic E-state index is -0.678. The van der Waals surface area contributed by atoms with Gasteiger partial charge in [0.2, 0.25) is 11.8 Å². The van der Waals surface area contributed by atoms with Gasteiger partial charge in [0.15, 0.2) is 0 Å². The van der Waals surface area contributed by atoms with Crippen molar-refractivity contribution in [1.82, 2.24) is 0 Å². The van der Waals surface area contributed by atoms with E-state index in [4.69, 9.17) is 5.73 Å². The second-order valence-electron chi connectivity index (χ2n) is 3.25. The molecule has 0 atom stereocenters. The van der Waals surface area contributed by atoms with E-state index in [1.165, 1.54) is 26.0 Å². The predicted octanol–water partition coefficient (Wildman–Crippen LogP) is 0.685. The summed E-state index contributed by atoms with van der Waals surface area (Å²) in [6.45, 7) is 2.50. The number of nitrogens with two attached hydrogens (primary N) is 1. The van der Waals surface area contributed by atoms with Crippen LogP contribution in [0.3, 0.4) is 0 Å². The normalized spacial score (nSPS) is 9.62. The van der Waals surface area contributed by atoms with Gasteiger partial charge < -0.3 is 5.73 Å². The average Bonchev–Trinajstić information content (AvgIpc) is 2.17. The number of nitrogens with zero attached hydrogens (tertiary/aromatic N) is 1. The lowest BCUT2D eigenvalue weighted by Crippen LogP contribution is -2.34. The van der Waals surface area contributed by atoms with Crippen molar-refractivity contribution in [1.29, 1.82) is 0 Å². The summed E-state index contributed by atoms with van der Waals surface area (Å²) < 4.78 is 0. The number of amides is 3. The molecule has 0 aliphatic rings. The Kier molecular flexibility index (Phi) is 3.40. The lowest BCUT2D eigenvalue weighted by atomic mass is 10.1. The topological polar surface area (TPSA) is 80.5 Å². The number of hydrogen-bond acceptors (Lipinski definition) is 3. The Hall–Kier alpha value is -2.17. The summed E-state index contributed by atoms with van der Waals surface area (Å²) in [4.78, 5) is 34.7. The monoisotopic (exact) mass is 220 g/mol. The van der Waals surface area contributed by atoms with Crippen LogP contribution < -0.4 is 10.6 Å². The van der Waals surface area contributed by atoms with Crippen LogP contribution in [0.1, 0.15) is 24.2 Å². The highest BCUT2D eigenvalue weighted by Crippen LogP contribution is 2.20. The summed E-state index contributed by atoms with van der Waals surface area (Å²) in [7, 11) is 0. The molecule has 0 aromatic heterocycles. The van der Waals surface area contributed by atoms with Gasteiger partial charge in [0.25, 0.3) is 5.91 Å². The molecule has 0 saturated heterocycles. The second kappa shape index (κ2) is 4.57. The van der Waals surface area contributed by atoms with Gasteiger partial charge in [-0.3, -0.25) is 19.3 Å². The molecule has 0 aliphatic heterocycles. The van der Waals surface area contributed by atoms with Crippen LogP contribution in [0.5, 0.6) is 0 Å². The maximum atomic E-state index is 11.3. The van der Waals surface area contributed by atoms with Crippen LogP contribution in [0.15, 0.2) is 24.3 Å². The van der Waals surface area contributed by atoms with Crippen molar-refractivity contribution in [3.05, 3.63) is 29.8 Å². The van der Waals surface area contributed by atoms with Crippen LogP contribution in [-0.2, 0) is 9.59 Å². The first kappa shape index (κ1) is 11.9. The average molecular weight is 220 g/mol. The Morgan fingerprint density at radius 3 is 2.00 bits per heavy atom. The molecule has 0 bridgehead atoms. The fraction of sp³-hybridized carbons (Fsp3) is 0.182. The molecule has 0 fully saturated rings. The first-order valence-electron chi connectivity index (χ1n) is 4.65. The number of primary amides is 1. The minimum absolute atomic E-state index is 0.146. The summed E-state index contributed by atoms with van der Waals surface area (Å²) in [5, 5.41) is 0. The smallest absolute Gasteiger partial charge is 0.250 e. The zero-order valence-corrected chi connectivity index (χ0v) is 9.06. The van der Waals surface area contributed by atoms with Crippen molar-refractivity contribution >= 4 is 23.4 Å². The van der Waals surface area contributed by atoms with E-state index >= 15 is 0 Å². The van der Waals surface area contributed by atoms with Crippen LogP contribution in [0.25, 0.3) is 0 Å². The Morgan fingerprint density at radius 2 is 1.56 bits per heavy atom. The molecule has 0 saturated carbocycles. The standard InChI is InChI=1S/C11H12N2O3/c1-7(14)13(8(2)15)10-6-4-3-5-9(10)11(12)16/h3-6H,1-2H3,(H2,12,16). The van der Waals surface area contributed by atoms with Gasteiger partial charge in [-0.25, -0.2) is 0 Å². The van der Waals surface area contributed by atoms with E-state index in [2.05, 4.69) is 0 Å². The number of carbonyl (C=O) groups excluding carboxylic acids is 3. The number of hydrogen-bond donors (Lipinski definition) is 1. The first-order chi connectivity index (χ1) is 7.45. The number of imide groups is 1. The molecular weight excluding hydrogens is 208 g/mol. The molecule has 0 spiro atoms. The molecule has 0 radical (unpaired) electrons. The Morgan fingerprint density at radius 1 is 1.06 bits per heavy atom. The van der Waals surface area contributed by atoms with E-state index < -0.39 is 17.7 Å². The molecule has 1 aromatic carbocycles. The summed E-state index contributed by atoms with van der Waals surface area (Å²) >= 11 is 0. The van der Waals surface area contributed by atoms with Crippen molar-refractivity contribution in [3.8, 4) is 0 Å². The molecular formula is C11H12N2O3. The first-order valence-corrected chi connectivity index (χ1v) is 4.65. The molecule has 5 nitrogen and oxygen atoms in total. The SMILES string of the molecule is CC(=O)N(C(C)=O)c1ccccc1C(N)=O. The molecule has 1 rings (SSSR count). The van der Waals surface area contributed by atoms with Crippen molar-refractivity contribution in [2.75, 3.05) is 4.90 Å². The summed E-state index contributed by atoms with van der Waals surface area (Å²) in [6.07, 6.45) is 0. The highest BCUT2D eigenvalue weighted by molar-refractivity contribution is 6.16. The minimum Gasteiger partial charge on any atom is -0.366 e. The Balaban J connectivity index is 3.35. The largest absolute Gasteiger partial charge is 0.366 e. The van der Waals surface area contributed by atoms with E-state index in [1.807, 2.05) is 0 Å². The zero-order chi connectivity index (χ0) is 12.3. The molecule has 1 aromatic rings. The molecule has 16 heavy (non-hydrogen) atoms. The maximum absolute atomic E-state index is 11.3. The van der Waals surface area contributed by atoms with Gasteiger partial charge in [0.1, 0.15) is 0 Å². The second-order valence-corrected chi connectivity index (χ2v) is 3.25. The van der Waals surface area contributed by atoms with Crippen LogP contribution in [0, 0.1) is 0 Å². The van der Waals surface area contributed by atoms with Crippen LogP contribution in [-0.4, -0.2) is 17.7 Å². The molecule has 0 unspecified atom stereocenters. The fourth-order valence-electron chi connectivity index (χ4n) is 1.44. The number of para-hydroxylation sites is 1. The van der Waals surface area contributed by atoms with Crippen molar-refractivity contribution in [2.24, 2.45) is 5.73 Å². The molecule has 5 heteroatoms. The third-order valence-corrected chi connectivity index (χ3v) is 2.04. The van der Waals surface area contributed by atoms with Gasteiger partial charge in [-0.05, 0) is 12.1 Å². The number of carbonyl (C=O) groups is 3. The maximum Gasteiger partial charge on any atom is 0.250 e. The third-order valence-electron chi connectivity index (χ3n) is 2.04. The van der Waals surface area contributed by atoms with Crippen LogP contribution in [0.2, 0.25) is 0 Å². The van der Waals surface area contributed by atoms with Gasteiger partial charge in [-0.15, -0.1) is 0 Å². The lowest BCUT2D eigenvalue weighted by Gasteiger charge is -2.19. The number of benzene rings is 1. The quantitative estimate of drug-likeness (QED) is 0.796. The predicted molar refractivity (Wildman–Crippen MR) is 58.8 cm³/mol. The summed E-state index contributed by atoms with van der Waals surface area (Å²) in [5.74, 6) is -1.59. The molecule has 84 valence electrons. The summed E-state index contributed by atoms with van der Waals surface area (Å²) in [5.41, 5.74) is 5.53. The zero-order valence-electron chi connectivity index (χ0n) is 9.06. The number of anilines is 1. The van der Waals surface area contributed by atoms with Crippen molar-refractivity contribution < 1.29 is 14.4 Å². The van der Waals surface area contributed by atoms with Crippen LogP contribution in [0.4, 0.5) is 5.69 Å². The van der Waals surface area contributed by atoms with Gasteiger partial charge in [0, 0.05) is 13.8 Å². The van der Waals surface area contributed by atoms with E-state index in [0.717, 1.165) is 4.90 Å². The fourth-order valence-corrected chi connectivity index (χ4v) is 1.44. The highest BCUT2D eigenvalue weighted by Gasteiger charge is 2.20. The molecule has 2 N–H and O–H groups in total. The van der Waals surface area contributed by atoms with E-state index in [1.54, 1.807) is 12.1 Å². The number of rotatable bonds is 2. The van der Waals surface area contributed by atoms with E-state index in [9.17, 15) is 14.4 Å². The van der Waals surface area contributed by atoms with Gasteiger partial charge in [-0.1, -0.05) is 12.1 Å². The van der Waals surface area contributed by atoms with Gasteiger partial charge in [-0.2, -0.15) is 0 Å². The lowest BCUT2D eigenvalue weighted by molar-refractivity contribution is -0.124. The van der Waals surface area contributed by atoms with E-state index in [0.29, 0.717) is 0 Å². The third kappa shape index (κ3) is 2.25. The van der Waals surface area contributed by atoms with Gasteiger partial charge >= 0.3 is 0 Å². The van der Waals surface area contributed by atoms with Crippen molar-refractivity contribution in [3.63, 3.8) is 0 Å². The van der Waals surface area contributed by atoms with Crippen molar-refractivity contribution in [2.45, 2.75) is 13.8 Å². The molecule has 3 amide bonds. The van der Waals surface area contributed by atoms with Crippen LogP contribution >= 0.6 is 0 Å². The Labute approximate surface area is 92.8 Å². The van der Waals surface area contributed by atoms with E-state index in [-0.39, 0.29) is 11.3 Å². The highest BCUT2D eigenvalue weighted by atomic mass is 16.2. The molecule has 0 aliphatic carbocycles. The molecule has 0 heterocycles. The Bertz CT molecular complexity index is 440.